The third-order valence-electron chi connectivity index (χ3n) is 3.79. The Morgan fingerprint density at radius 2 is 1.84 bits per heavy atom. The highest BCUT2D eigenvalue weighted by Crippen LogP contribution is 2.36. The Labute approximate surface area is 139 Å². The van der Waals surface area contributed by atoms with Gasteiger partial charge in [0.2, 0.25) is 0 Å². The number of benzene rings is 1. The van der Waals surface area contributed by atoms with Gasteiger partial charge in [-0.15, -0.1) is 0 Å². The van der Waals surface area contributed by atoms with E-state index in [1.807, 2.05) is 4.90 Å². The predicted molar refractivity (Wildman–Crippen MR) is 74.0 cm³/mol. The number of carbonyl (C=O) groups is 1. The Morgan fingerprint density at radius 3 is 2.32 bits per heavy atom. The van der Waals surface area contributed by atoms with E-state index in [4.69, 9.17) is 5.11 Å². The molecule has 2 atom stereocenters. The highest BCUT2D eigenvalue weighted by atomic mass is 19.4. The maximum atomic E-state index is 13.2. The fraction of sp³-hybridized carbons (Fsp3) is 0.533. The maximum absolute atomic E-state index is 13.2. The van der Waals surface area contributed by atoms with E-state index < -0.39 is 36.1 Å². The zero-order valence-corrected chi connectivity index (χ0v) is 12.8. The van der Waals surface area contributed by atoms with Crippen LogP contribution in [0.3, 0.4) is 0 Å². The number of halogens is 6. The molecule has 0 aromatic heterocycles. The maximum Gasteiger partial charge on any atom is 0.439 e. The van der Waals surface area contributed by atoms with E-state index in [1.54, 1.807) is 0 Å². The second-order valence-corrected chi connectivity index (χ2v) is 5.77. The van der Waals surface area contributed by atoms with Crippen LogP contribution in [0.4, 0.5) is 26.3 Å². The summed E-state index contributed by atoms with van der Waals surface area (Å²) in [7, 11) is 0. The highest BCUT2D eigenvalue weighted by Gasteiger charge is 2.59. The number of hydrogen-bond donors (Lipinski definition) is 1. The number of nitrogens with zero attached hydrogens (tertiary/aromatic N) is 1. The number of likely N-dealkylation sites (tertiary alicyclic amines) is 1. The van der Waals surface area contributed by atoms with Gasteiger partial charge in [0.15, 0.2) is 0 Å². The normalized spacial score (nSPS) is 20.5. The molecule has 0 aliphatic carbocycles. The van der Waals surface area contributed by atoms with Crippen molar-refractivity contribution in [3.8, 4) is 5.75 Å². The zero-order chi connectivity index (χ0) is 18.8. The Balaban J connectivity index is 1.95. The van der Waals surface area contributed by atoms with Crippen molar-refractivity contribution in [2.75, 3.05) is 13.1 Å². The molecule has 2 unspecified atom stereocenters. The summed E-state index contributed by atoms with van der Waals surface area (Å²) in [6.45, 7) is 1.26. The standard InChI is InChI=1S/C15H15F6NO3/c16-13(14(17,18)19)15(20,21)25-11-3-1-9(2-4-11)7-22-6-5-10(8-22)12(23)24/h1-4,10,13H,5-8H2,(H,23,24). The predicted octanol–water partition coefficient (Wildman–Crippen LogP) is 3.47. The molecule has 0 bridgehead atoms. The molecule has 140 valence electrons. The molecule has 1 heterocycles. The van der Waals surface area contributed by atoms with E-state index in [2.05, 4.69) is 4.74 Å². The van der Waals surface area contributed by atoms with Gasteiger partial charge in [0, 0.05) is 13.1 Å². The van der Waals surface area contributed by atoms with Gasteiger partial charge in [-0.2, -0.15) is 22.0 Å². The molecule has 10 heteroatoms. The minimum absolute atomic E-state index is 0.348. The molecule has 1 N–H and O–H groups in total. The van der Waals surface area contributed by atoms with Crippen LogP contribution in [0.2, 0.25) is 0 Å². The molecule has 1 aliphatic rings. The summed E-state index contributed by atoms with van der Waals surface area (Å²) in [5.74, 6) is -1.96. The van der Waals surface area contributed by atoms with Crippen LogP contribution in [0.25, 0.3) is 0 Å². The summed E-state index contributed by atoms with van der Waals surface area (Å²) in [6.07, 6.45) is -14.7. The van der Waals surface area contributed by atoms with Crippen molar-refractivity contribution in [2.45, 2.75) is 31.4 Å². The van der Waals surface area contributed by atoms with Crippen molar-refractivity contribution in [2.24, 2.45) is 5.92 Å². The summed E-state index contributed by atoms with van der Waals surface area (Å²) in [4.78, 5) is 12.7. The molecule has 4 nitrogen and oxygen atoms in total. The van der Waals surface area contributed by atoms with E-state index in [0.29, 0.717) is 31.6 Å². The van der Waals surface area contributed by atoms with E-state index in [0.717, 1.165) is 12.1 Å². The van der Waals surface area contributed by atoms with Gasteiger partial charge in [0.1, 0.15) is 5.75 Å². The second kappa shape index (κ2) is 7.11. The van der Waals surface area contributed by atoms with Crippen molar-refractivity contribution in [3.63, 3.8) is 0 Å². The SMILES string of the molecule is O=C(O)C1CCN(Cc2ccc(OC(F)(F)C(F)C(F)(F)F)cc2)C1. The Kier molecular flexibility index (Phi) is 5.50. The lowest BCUT2D eigenvalue weighted by molar-refractivity contribution is -0.304. The van der Waals surface area contributed by atoms with Crippen LogP contribution in [0.1, 0.15) is 12.0 Å². The third-order valence-corrected chi connectivity index (χ3v) is 3.79. The lowest BCUT2D eigenvalue weighted by Crippen LogP contribution is -2.45. The Bertz CT molecular complexity index is 604. The summed E-state index contributed by atoms with van der Waals surface area (Å²) >= 11 is 0. The smallest absolute Gasteiger partial charge is 0.439 e. The van der Waals surface area contributed by atoms with Crippen molar-refractivity contribution in [3.05, 3.63) is 29.8 Å². The third kappa shape index (κ3) is 5.00. The van der Waals surface area contributed by atoms with Crippen LogP contribution in [-0.2, 0) is 11.3 Å². The largest absolute Gasteiger partial charge is 0.481 e. The van der Waals surface area contributed by atoms with E-state index in [-0.39, 0.29) is 0 Å². The van der Waals surface area contributed by atoms with Crippen molar-refractivity contribution >= 4 is 5.97 Å². The molecule has 0 radical (unpaired) electrons. The van der Waals surface area contributed by atoms with Crippen LogP contribution >= 0.6 is 0 Å². The topological polar surface area (TPSA) is 49.8 Å². The second-order valence-electron chi connectivity index (χ2n) is 5.77. The molecule has 0 amide bonds. The van der Waals surface area contributed by atoms with E-state index in [9.17, 15) is 31.1 Å². The number of carboxylic acid groups (broad SMARTS) is 1. The average Bonchev–Trinajstić information content (AvgIpc) is 2.96. The monoisotopic (exact) mass is 371 g/mol. The van der Waals surface area contributed by atoms with Gasteiger partial charge >= 0.3 is 18.3 Å². The summed E-state index contributed by atoms with van der Waals surface area (Å²) in [5.41, 5.74) is 0.634. The van der Waals surface area contributed by atoms with Gasteiger partial charge in [-0.25, -0.2) is 4.39 Å². The van der Waals surface area contributed by atoms with Crippen LogP contribution < -0.4 is 4.74 Å². The molecule has 1 saturated heterocycles. The van der Waals surface area contributed by atoms with Gasteiger partial charge in [-0.3, -0.25) is 9.69 Å². The van der Waals surface area contributed by atoms with Crippen LogP contribution in [0, 0.1) is 5.92 Å². The van der Waals surface area contributed by atoms with E-state index in [1.165, 1.54) is 12.1 Å². The lowest BCUT2D eigenvalue weighted by atomic mass is 10.1. The molecule has 1 aromatic carbocycles. The van der Waals surface area contributed by atoms with Gasteiger partial charge in [0.25, 0.3) is 6.17 Å². The number of rotatable bonds is 6. The highest BCUT2D eigenvalue weighted by molar-refractivity contribution is 5.70. The average molecular weight is 371 g/mol. The van der Waals surface area contributed by atoms with Gasteiger partial charge in [0.05, 0.1) is 5.92 Å². The molecular weight excluding hydrogens is 356 g/mol. The van der Waals surface area contributed by atoms with Crippen LogP contribution in [-0.4, -0.2) is 47.5 Å². The first-order valence-corrected chi connectivity index (χ1v) is 7.31. The quantitative estimate of drug-likeness (QED) is 0.778. The van der Waals surface area contributed by atoms with Crippen molar-refractivity contribution in [1.82, 2.24) is 4.90 Å². The lowest BCUT2D eigenvalue weighted by Gasteiger charge is -2.23. The fourth-order valence-corrected chi connectivity index (χ4v) is 2.50. The fourth-order valence-electron chi connectivity index (χ4n) is 2.50. The number of carboxylic acids is 1. The molecular formula is C15H15F6NO3. The van der Waals surface area contributed by atoms with Crippen molar-refractivity contribution < 1.29 is 41.0 Å². The first-order valence-electron chi connectivity index (χ1n) is 7.31. The molecule has 1 fully saturated rings. The summed E-state index contributed by atoms with van der Waals surface area (Å²) in [5, 5.41) is 8.92. The molecule has 0 saturated carbocycles. The molecule has 2 rings (SSSR count). The number of ether oxygens (including phenoxy) is 1. The Morgan fingerprint density at radius 1 is 1.24 bits per heavy atom. The van der Waals surface area contributed by atoms with E-state index >= 15 is 0 Å². The minimum atomic E-state index is -5.74. The number of hydrogen-bond acceptors (Lipinski definition) is 3. The van der Waals surface area contributed by atoms with Gasteiger partial charge < -0.3 is 9.84 Å². The van der Waals surface area contributed by atoms with Crippen LogP contribution in [0.15, 0.2) is 24.3 Å². The summed E-state index contributed by atoms with van der Waals surface area (Å²) < 4.78 is 79.1. The Hall–Kier alpha value is -1.97. The zero-order valence-electron chi connectivity index (χ0n) is 12.8. The molecule has 1 aliphatic heterocycles. The first-order chi connectivity index (χ1) is 11.5. The van der Waals surface area contributed by atoms with Crippen LogP contribution in [0.5, 0.6) is 5.75 Å². The number of aliphatic carboxylic acids is 1. The minimum Gasteiger partial charge on any atom is -0.481 e. The summed E-state index contributed by atoms with van der Waals surface area (Å²) in [6, 6.07) is 4.72. The first kappa shape index (κ1) is 19.4. The molecule has 0 spiro atoms. The van der Waals surface area contributed by atoms with Gasteiger partial charge in [-0.05, 0) is 30.7 Å². The number of alkyl halides is 6. The van der Waals surface area contributed by atoms with Crippen molar-refractivity contribution in [1.29, 1.82) is 0 Å². The molecule has 25 heavy (non-hydrogen) atoms. The van der Waals surface area contributed by atoms with Gasteiger partial charge in [-0.1, -0.05) is 12.1 Å². The molecule has 1 aromatic rings.